The van der Waals surface area contributed by atoms with E-state index in [9.17, 15) is 22.4 Å². The van der Waals surface area contributed by atoms with Gasteiger partial charge >= 0.3 is 6.18 Å². The largest absolute Gasteiger partial charge is 0.405 e. The molecule has 1 amide bonds. The number of amides is 1. The fourth-order valence-corrected chi connectivity index (χ4v) is 0.819. The first-order valence-electron chi connectivity index (χ1n) is 3.84. The second-order valence-corrected chi connectivity index (χ2v) is 2.69. The summed E-state index contributed by atoms with van der Waals surface area (Å²) in [5.74, 6) is -1.80. The Morgan fingerprint density at radius 3 is 2.60 bits per heavy atom. The Bertz CT molecular complexity index is 364. The number of hydrogen-bond acceptors (Lipinski definition) is 2. The first-order chi connectivity index (χ1) is 6.88. The third kappa shape index (κ3) is 3.92. The lowest BCUT2D eigenvalue weighted by molar-refractivity contribution is -0.123. The molecule has 7 heteroatoms. The number of hydrogen-bond donors (Lipinski definition) is 1. The van der Waals surface area contributed by atoms with Crippen molar-refractivity contribution in [2.45, 2.75) is 6.18 Å². The molecule has 0 aromatic carbocycles. The first-order valence-corrected chi connectivity index (χ1v) is 3.84. The second kappa shape index (κ2) is 4.24. The molecule has 1 aromatic rings. The lowest BCUT2D eigenvalue weighted by Gasteiger charge is -2.07. The normalized spacial score (nSPS) is 11.2. The zero-order valence-corrected chi connectivity index (χ0v) is 7.31. The van der Waals surface area contributed by atoms with Crippen molar-refractivity contribution in [2.75, 3.05) is 6.54 Å². The van der Waals surface area contributed by atoms with Gasteiger partial charge in [0.1, 0.15) is 12.4 Å². The average Bonchev–Trinajstić information content (AvgIpc) is 2.13. The zero-order valence-electron chi connectivity index (χ0n) is 7.31. The molecule has 15 heavy (non-hydrogen) atoms. The molecule has 0 aliphatic carbocycles. The van der Waals surface area contributed by atoms with Crippen molar-refractivity contribution in [1.82, 2.24) is 10.3 Å². The number of carbonyl (C=O) groups excluding carboxylic acids is 1. The van der Waals surface area contributed by atoms with E-state index in [2.05, 4.69) is 4.98 Å². The summed E-state index contributed by atoms with van der Waals surface area (Å²) in [6, 6.07) is 0.804. The molecule has 0 aliphatic rings. The van der Waals surface area contributed by atoms with Crippen LogP contribution in [0.4, 0.5) is 17.6 Å². The molecular formula is C8H6F4N2O. The van der Waals surface area contributed by atoms with Gasteiger partial charge in [0.15, 0.2) is 0 Å². The van der Waals surface area contributed by atoms with Crippen LogP contribution < -0.4 is 5.32 Å². The van der Waals surface area contributed by atoms with Crippen LogP contribution in [0.25, 0.3) is 0 Å². The number of nitrogens with one attached hydrogen (secondary N) is 1. The highest BCUT2D eigenvalue weighted by Gasteiger charge is 2.27. The summed E-state index contributed by atoms with van der Waals surface area (Å²) in [4.78, 5) is 14.4. The summed E-state index contributed by atoms with van der Waals surface area (Å²) >= 11 is 0. The van der Waals surface area contributed by atoms with Crippen LogP contribution in [0.5, 0.6) is 0 Å². The van der Waals surface area contributed by atoms with E-state index in [1.165, 1.54) is 0 Å². The van der Waals surface area contributed by atoms with E-state index in [1.807, 2.05) is 0 Å². The van der Waals surface area contributed by atoms with E-state index in [-0.39, 0.29) is 5.56 Å². The van der Waals surface area contributed by atoms with Crippen molar-refractivity contribution in [1.29, 1.82) is 0 Å². The maximum Gasteiger partial charge on any atom is 0.405 e. The third-order valence-corrected chi connectivity index (χ3v) is 1.42. The second-order valence-electron chi connectivity index (χ2n) is 2.69. The van der Waals surface area contributed by atoms with E-state index in [1.54, 1.807) is 5.32 Å². The van der Waals surface area contributed by atoms with Gasteiger partial charge in [-0.2, -0.15) is 13.2 Å². The molecule has 1 rings (SSSR count). The predicted octanol–water partition coefficient (Wildman–Crippen LogP) is 1.51. The van der Waals surface area contributed by atoms with Crippen molar-refractivity contribution in [3.8, 4) is 0 Å². The number of pyridine rings is 1. The van der Waals surface area contributed by atoms with Gasteiger partial charge in [-0.05, 0) is 6.07 Å². The third-order valence-electron chi connectivity index (χ3n) is 1.42. The van der Waals surface area contributed by atoms with Crippen molar-refractivity contribution in [3.63, 3.8) is 0 Å². The molecule has 0 saturated carbocycles. The Labute approximate surface area is 82.1 Å². The van der Waals surface area contributed by atoms with Crippen LogP contribution in [0.1, 0.15) is 10.4 Å². The lowest BCUT2D eigenvalue weighted by Crippen LogP contribution is -2.33. The molecule has 0 fully saturated rings. The number of halogens is 4. The molecule has 0 saturated heterocycles. The van der Waals surface area contributed by atoms with Gasteiger partial charge in [-0.25, -0.2) is 4.39 Å². The summed E-state index contributed by atoms with van der Waals surface area (Å²) in [5.41, 5.74) is -0.251. The molecule has 0 bridgehead atoms. The zero-order chi connectivity index (χ0) is 11.5. The van der Waals surface area contributed by atoms with Crippen LogP contribution in [0, 0.1) is 5.82 Å². The van der Waals surface area contributed by atoms with Crippen molar-refractivity contribution in [2.24, 2.45) is 0 Å². The number of carbonyl (C=O) groups is 1. The van der Waals surface area contributed by atoms with Gasteiger partial charge in [-0.15, -0.1) is 0 Å². The lowest BCUT2D eigenvalue weighted by atomic mass is 10.2. The van der Waals surface area contributed by atoms with E-state index in [0.29, 0.717) is 0 Å². The molecule has 0 atom stereocenters. The van der Waals surface area contributed by atoms with E-state index < -0.39 is 24.4 Å². The SMILES string of the molecule is O=C(NCC(F)(F)F)c1cncc(F)c1. The monoisotopic (exact) mass is 222 g/mol. The highest BCUT2D eigenvalue weighted by Crippen LogP contribution is 2.12. The summed E-state index contributed by atoms with van der Waals surface area (Å²) in [6.07, 6.45) is -2.66. The highest BCUT2D eigenvalue weighted by atomic mass is 19.4. The molecule has 0 aliphatic heterocycles. The minimum absolute atomic E-state index is 0.251. The van der Waals surface area contributed by atoms with Gasteiger partial charge in [0.05, 0.1) is 11.8 Å². The maximum absolute atomic E-state index is 12.5. The number of aromatic nitrogens is 1. The van der Waals surface area contributed by atoms with Crippen LogP contribution in [0.15, 0.2) is 18.5 Å². The molecule has 1 aromatic heterocycles. The molecular weight excluding hydrogens is 216 g/mol. The minimum Gasteiger partial charge on any atom is -0.343 e. The van der Waals surface area contributed by atoms with Gasteiger partial charge in [0.2, 0.25) is 0 Å². The van der Waals surface area contributed by atoms with Gasteiger partial charge < -0.3 is 5.32 Å². The van der Waals surface area contributed by atoms with E-state index in [4.69, 9.17) is 0 Å². The number of rotatable bonds is 2. The summed E-state index contributed by atoms with van der Waals surface area (Å²) in [6.45, 7) is -1.46. The molecule has 3 nitrogen and oxygen atoms in total. The summed E-state index contributed by atoms with van der Waals surface area (Å²) < 4.78 is 47.7. The quantitative estimate of drug-likeness (QED) is 0.770. The Morgan fingerprint density at radius 2 is 2.07 bits per heavy atom. The van der Waals surface area contributed by atoms with Crippen LogP contribution >= 0.6 is 0 Å². The highest BCUT2D eigenvalue weighted by molar-refractivity contribution is 5.93. The minimum atomic E-state index is -4.49. The summed E-state index contributed by atoms with van der Waals surface area (Å²) in [5, 5.41) is 1.60. The van der Waals surface area contributed by atoms with Crippen molar-refractivity contribution >= 4 is 5.91 Å². The standard InChI is InChI=1S/C8H6F4N2O/c9-6-1-5(2-13-3-6)7(15)14-4-8(10,11)12/h1-3H,4H2,(H,14,15). The number of alkyl halides is 3. The Morgan fingerprint density at radius 1 is 1.40 bits per heavy atom. The van der Waals surface area contributed by atoms with E-state index in [0.717, 1.165) is 18.5 Å². The van der Waals surface area contributed by atoms with Crippen molar-refractivity contribution in [3.05, 3.63) is 29.8 Å². The van der Waals surface area contributed by atoms with Gasteiger partial charge in [0.25, 0.3) is 5.91 Å². The first kappa shape index (κ1) is 11.4. The predicted molar refractivity (Wildman–Crippen MR) is 42.6 cm³/mol. The van der Waals surface area contributed by atoms with Crippen LogP contribution in [0.2, 0.25) is 0 Å². The fraction of sp³-hybridized carbons (Fsp3) is 0.250. The molecule has 0 spiro atoms. The van der Waals surface area contributed by atoms with E-state index >= 15 is 0 Å². The average molecular weight is 222 g/mol. The Hall–Kier alpha value is -1.66. The molecule has 0 unspecified atom stereocenters. The van der Waals surface area contributed by atoms with Crippen molar-refractivity contribution < 1.29 is 22.4 Å². The number of nitrogens with zero attached hydrogens (tertiary/aromatic N) is 1. The summed E-state index contributed by atoms with van der Waals surface area (Å²) in [7, 11) is 0. The topological polar surface area (TPSA) is 42.0 Å². The molecule has 1 heterocycles. The van der Waals surface area contributed by atoms with Crippen LogP contribution in [0.3, 0.4) is 0 Å². The molecule has 82 valence electrons. The van der Waals surface area contributed by atoms with Gasteiger partial charge in [-0.1, -0.05) is 0 Å². The van der Waals surface area contributed by atoms with Crippen LogP contribution in [-0.2, 0) is 0 Å². The van der Waals surface area contributed by atoms with Gasteiger partial charge in [-0.3, -0.25) is 9.78 Å². The maximum atomic E-state index is 12.5. The smallest absolute Gasteiger partial charge is 0.343 e. The van der Waals surface area contributed by atoms with Crippen LogP contribution in [-0.4, -0.2) is 23.6 Å². The van der Waals surface area contributed by atoms with Gasteiger partial charge in [0, 0.05) is 6.20 Å². The Balaban J connectivity index is 2.62. The Kier molecular flexibility index (Phi) is 3.23. The fourth-order valence-electron chi connectivity index (χ4n) is 0.819. The molecule has 0 radical (unpaired) electrons. The molecule has 1 N–H and O–H groups in total.